The normalized spacial score (nSPS) is 19.0. The molecule has 1 aromatic carbocycles. The molecule has 0 bridgehead atoms. The summed E-state index contributed by atoms with van der Waals surface area (Å²) in [5, 5.41) is 4.34. The summed E-state index contributed by atoms with van der Waals surface area (Å²) in [6.07, 6.45) is 3.62. The summed E-state index contributed by atoms with van der Waals surface area (Å²) in [6.45, 7) is 7.07. The predicted molar refractivity (Wildman–Crippen MR) is 90.3 cm³/mol. The molecule has 1 saturated heterocycles. The van der Waals surface area contributed by atoms with Gasteiger partial charge in [-0.15, -0.1) is 0 Å². The molecule has 0 spiro atoms. The molecular formula is C17H27ClN2O. The van der Waals surface area contributed by atoms with Gasteiger partial charge in [0.25, 0.3) is 0 Å². The second kappa shape index (κ2) is 8.62. The van der Waals surface area contributed by atoms with Gasteiger partial charge in [-0.1, -0.05) is 24.6 Å². The SMILES string of the molecule is CCCNCc1c(Cl)cccc1N1CCCC(COC)C1. The second-order valence-corrected chi connectivity index (χ2v) is 6.23. The number of benzene rings is 1. The van der Waals surface area contributed by atoms with Crippen LogP contribution in [0.2, 0.25) is 5.02 Å². The molecule has 0 aromatic heterocycles. The Morgan fingerprint density at radius 3 is 3.05 bits per heavy atom. The van der Waals surface area contributed by atoms with Crippen LogP contribution in [0, 0.1) is 5.92 Å². The number of ether oxygens (including phenoxy) is 1. The maximum Gasteiger partial charge on any atom is 0.0507 e. The number of hydrogen-bond acceptors (Lipinski definition) is 3. The van der Waals surface area contributed by atoms with Crippen molar-refractivity contribution in [1.82, 2.24) is 5.32 Å². The van der Waals surface area contributed by atoms with Crippen LogP contribution in [0.4, 0.5) is 5.69 Å². The third-order valence-electron chi connectivity index (χ3n) is 4.08. The summed E-state index contributed by atoms with van der Waals surface area (Å²) in [5.74, 6) is 0.624. The van der Waals surface area contributed by atoms with Gasteiger partial charge in [-0.2, -0.15) is 0 Å². The minimum absolute atomic E-state index is 0.624. The number of nitrogens with one attached hydrogen (secondary N) is 1. The molecule has 1 N–H and O–H groups in total. The third-order valence-corrected chi connectivity index (χ3v) is 4.44. The highest BCUT2D eigenvalue weighted by atomic mass is 35.5. The van der Waals surface area contributed by atoms with Gasteiger partial charge >= 0.3 is 0 Å². The average Bonchev–Trinajstić information content (AvgIpc) is 2.50. The number of anilines is 1. The van der Waals surface area contributed by atoms with Gasteiger partial charge in [0.05, 0.1) is 6.61 Å². The van der Waals surface area contributed by atoms with Crippen molar-refractivity contribution in [2.45, 2.75) is 32.7 Å². The van der Waals surface area contributed by atoms with E-state index < -0.39 is 0 Å². The van der Waals surface area contributed by atoms with Gasteiger partial charge in [0.2, 0.25) is 0 Å². The van der Waals surface area contributed by atoms with Crippen molar-refractivity contribution in [2.24, 2.45) is 5.92 Å². The summed E-state index contributed by atoms with van der Waals surface area (Å²) in [4.78, 5) is 2.47. The molecule has 1 atom stereocenters. The summed E-state index contributed by atoms with van der Waals surface area (Å²) >= 11 is 6.43. The smallest absolute Gasteiger partial charge is 0.0507 e. The molecule has 1 aromatic rings. The van der Waals surface area contributed by atoms with Crippen molar-refractivity contribution < 1.29 is 4.74 Å². The van der Waals surface area contributed by atoms with Crippen molar-refractivity contribution in [2.75, 3.05) is 38.3 Å². The first-order chi connectivity index (χ1) is 10.3. The first-order valence-electron chi connectivity index (χ1n) is 7.98. The molecule has 0 amide bonds. The van der Waals surface area contributed by atoms with Crippen molar-refractivity contribution >= 4 is 17.3 Å². The molecule has 0 saturated carbocycles. The van der Waals surface area contributed by atoms with Crippen LogP contribution in [0.3, 0.4) is 0 Å². The lowest BCUT2D eigenvalue weighted by Crippen LogP contribution is -2.38. The maximum absolute atomic E-state index is 6.43. The summed E-state index contributed by atoms with van der Waals surface area (Å²) < 4.78 is 5.33. The standard InChI is InChI=1S/C17H27ClN2O/c1-3-9-19-11-15-16(18)7-4-8-17(15)20-10-5-6-14(12-20)13-21-2/h4,7-8,14,19H,3,5-6,9-13H2,1-2H3. The Morgan fingerprint density at radius 2 is 2.29 bits per heavy atom. The van der Waals surface area contributed by atoms with Crippen LogP contribution in [0.15, 0.2) is 18.2 Å². The van der Waals surface area contributed by atoms with Crippen LogP contribution in [0.25, 0.3) is 0 Å². The summed E-state index contributed by atoms with van der Waals surface area (Å²) in [5.41, 5.74) is 2.51. The van der Waals surface area contributed by atoms with Gasteiger partial charge in [0, 0.05) is 43.0 Å². The van der Waals surface area contributed by atoms with Gasteiger partial charge in [-0.25, -0.2) is 0 Å². The van der Waals surface area contributed by atoms with Gasteiger partial charge in [0.15, 0.2) is 0 Å². The number of piperidine rings is 1. The molecule has 1 aliphatic rings. The molecular weight excluding hydrogens is 284 g/mol. The monoisotopic (exact) mass is 310 g/mol. The first-order valence-corrected chi connectivity index (χ1v) is 8.36. The van der Waals surface area contributed by atoms with Crippen LogP contribution in [0.5, 0.6) is 0 Å². The van der Waals surface area contributed by atoms with E-state index in [4.69, 9.17) is 16.3 Å². The van der Waals surface area contributed by atoms with E-state index >= 15 is 0 Å². The van der Waals surface area contributed by atoms with Crippen molar-refractivity contribution in [3.8, 4) is 0 Å². The van der Waals surface area contributed by atoms with Crippen molar-refractivity contribution in [1.29, 1.82) is 0 Å². The highest BCUT2D eigenvalue weighted by Gasteiger charge is 2.22. The lowest BCUT2D eigenvalue weighted by molar-refractivity contribution is 0.143. The molecule has 0 radical (unpaired) electrons. The van der Waals surface area contributed by atoms with E-state index in [2.05, 4.69) is 29.3 Å². The van der Waals surface area contributed by atoms with E-state index in [-0.39, 0.29) is 0 Å². The quantitative estimate of drug-likeness (QED) is 0.777. The molecule has 0 aliphatic carbocycles. The van der Waals surface area contributed by atoms with Crippen LogP contribution in [0.1, 0.15) is 31.7 Å². The molecule has 1 aliphatic heterocycles. The lowest BCUT2D eigenvalue weighted by atomic mass is 9.97. The number of nitrogens with zero attached hydrogens (tertiary/aromatic N) is 1. The Bertz CT molecular complexity index is 437. The van der Waals surface area contributed by atoms with E-state index in [0.29, 0.717) is 5.92 Å². The van der Waals surface area contributed by atoms with E-state index in [1.54, 1.807) is 7.11 Å². The van der Waals surface area contributed by atoms with Crippen molar-refractivity contribution in [3.63, 3.8) is 0 Å². The maximum atomic E-state index is 6.43. The van der Waals surface area contributed by atoms with Crippen LogP contribution in [-0.2, 0) is 11.3 Å². The fourth-order valence-corrected chi connectivity index (χ4v) is 3.30. The summed E-state index contributed by atoms with van der Waals surface area (Å²) in [7, 11) is 1.79. The van der Waals surface area contributed by atoms with Gasteiger partial charge in [0.1, 0.15) is 0 Å². The predicted octanol–water partition coefficient (Wildman–Crippen LogP) is 3.70. The minimum Gasteiger partial charge on any atom is -0.384 e. The number of rotatable bonds is 7. The molecule has 4 heteroatoms. The second-order valence-electron chi connectivity index (χ2n) is 5.82. The third kappa shape index (κ3) is 4.60. The zero-order valence-corrected chi connectivity index (χ0v) is 14.0. The average molecular weight is 311 g/mol. The largest absolute Gasteiger partial charge is 0.384 e. The Hall–Kier alpha value is -0.770. The highest BCUT2D eigenvalue weighted by molar-refractivity contribution is 6.31. The number of hydrogen-bond donors (Lipinski definition) is 1. The zero-order chi connectivity index (χ0) is 15.1. The molecule has 118 valence electrons. The lowest BCUT2D eigenvalue weighted by Gasteiger charge is -2.35. The van der Waals surface area contributed by atoms with Crippen LogP contribution in [-0.4, -0.2) is 33.4 Å². The number of methoxy groups -OCH3 is 1. The Morgan fingerprint density at radius 1 is 1.43 bits per heavy atom. The molecule has 1 heterocycles. The molecule has 2 rings (SSSR count). The van der Waals surface area contributed by atoms with Crippen LogP contribution < -0.4 is 10.2 Å². The van der Waals surface area contributed by atoms with E-state index in [1.807, 2.05) is 6.07 Å². The molecule has 1 fully saturated rings. The first kappa shape index (κ1) is 16.6. The van der Waals surface area contributed by atoms with Crippen LogP contribution >= 0.6 is 11.6 Å². The van der Waals surface area contributed by atoms with E-state index in [9.17, 15) is 0 Å². The van der Waals surface area contributed by atoms with E-state index in [1.165, 1.54) is 24.1 Å². The topological polar surface area (TPSA) is 24.5 Å². The zero-order valence-electron chi connectivity index (χ0n) is 13.2. The molecule has 1 unspecified atom stereocenters. The van der Waals surface area contributed by atoms with Gasteiger partial charge < -0.3 is 15.0 Å². The minimum atomic E-state index is 0.624. The molecule has 21 heavy (non-hydrogen) atoms. The summed E-state index contributed by atoms with van der Waals surface area (Å²) in [6, 6.07) is 6.25. The Labute approximate surface area is 133 Å². The highest BCUT2D eigenvalue weighted by Crippen LogP contribution is 2.31. The fraction of sp³-hybridized carbons (Fsp3) is 0.647. The van der Waals surface area contributed by atoms with Gasteiger partial charge in [-0.3, -0.25) is 0 Å². The molecule has 3 nitrogen and oxygen atoms in total. The Balaban J connectivity index is 2.12. The Kier molecular flexibility index (Phi) is 6.81. The van der Waals surface area contributed by atoms with Gasteiger partial charge in [-0.05, 0) is 43.9 Å². The van der Waals surface area contributed by atoms with E-state index in [0.717, 1.165) is 44.2 Å². The number of halogens is 1. The van der Waals surface area contributed by atoms with Crippen molar-refractivity contribution in [3.05, 3.63) is 28.8 Å². The fourth-order valence-electron chi connectivity index (χ4n) is 3.06.